The van der Waals surface area contributed by atoms with E-state index in [9.17, 15) is 31.1 Å². The number of benzene rings is 2. The minimum atomic E-state index is -5.04. The molecule has 0 saturated heterocycles. The smallest absolute Gasteiger partial charge is 0.362 e. The SMILES string of the molecule is CN(C)c1nc(-c2ccccc2)nc2c1CN(C(=O)c1cc(C(F)(F)F)cc(C(F)(F)F)c1)CC2. The number of hydrogen-bond acceptors (Lipinski definition) is 4. The molecule has 1 aliphatic rings. The van der Waals surface area contributed by atoms with E-state index in [1.165, 1.54) is 4.90 Å². The molecule has 0 bridgehead atoms. The molecule has 0 spiro atoms. The van der Waals surface area contributed by atoms with Crippen molar-refractivity contribution in [3.05, 3.63) is 76.5 Å². The lowest BCUT2D eigenvalue weighted by Crippen LogP contribution is -2.37. The maximum Gasteiger partial charge on any atom is 0.416 e. The van der Waals surface area contributed by atoms with Gasteiger partial charge in [0.15, 0.2) is 5.82 Å². The van der Waals surface area contributed by atoms with Crippen LogP contribution >= 0.6 is 0 Å². The quantitative estimate of drug-likeness (QED) is 0.455. The average Bonchev–Trinajstić information content (AvgIpc) is 2.81. The van der Waals surface area contributed by atoms with Gasteiger partial charge in [0.2, 0.25) is 0 Å². The van der Waals surface area contributed by atoms with Crippen molar-refractivity contribution in [2.45, 2.75) is 25.3 Å². The van der Waals surface area contributed by atoms with Gasteiger partial charge in [-0.05, 0) is 18.2 Å². The molecule has 184 valence electrons. The van der Waals surface area contributed by atoms with E-state index >= 15 is 0 Å². The molecule has 0 atom stereocenters. The van der Waals surface area contributed by atoms with Crippen LogP contribution in [0.15, 0.2) is 48.5 Å². The third-order valence-electron chi connectivity index (χ3n) is 5.62. The maximum absolute atomic E-state index is 13.2. The summed E-state index contributed by atoms with van der Waals surface area (Å²) in [4.78, 5) is 25.2. The molecule has 1 aliphatic heterocycles. The molecule has 0 unspecified atom stereocenters. The molecule has 1 aromatic heterocycles. The topological polar surface area (TPSA) is 49.3 Å². The Morgan fingerprint density at radius 2 is 1.51 bits per heavy atom. The van der Waals surface area contributed by atoms with Crippen molar-refractivity contribution in [2.75, 3.05) is 25.5 Å². The predicted octanol–water partition coefficient (Wildman–Crippen LogP) is 5.45. The highest BCUT2D eigenvalue weighted by atomic mass is 19.4. The van der Waals surface area contributed by atoms with E-state index in [2.05, 4.69) is 9.97 Å². The predicted molar refractivity (Wildman–Crippen MR) is 117 cm³/mol. The van der Waals surface area contributed by atoms with Gasteiger partial charge in [0, 0.05) is 43.8 Å². The van der Waals surface area contributed by atoms with Gasteiger partial charge in [-0.1, -0.05) is 30.3 Å². The average molecular weight is 494 g/mol. The molecule has 0 aliphatic carbocycles. The highest BCUT2D eigenvalue weighted by molar-refractivity contribution is 5.95. The lowest BCUT2D eigenvalue weighted by Gasteiger charge is -2.31. The van der Waals surface area contributed by atoms with E-state index in [1.807, 2.05) is 30.3 Å². The summed E-state index contributed by atoms with van der Waals surface area (Å²) >= 11 is 0. The van der Waals surface area contributed by atoms with Crippen LogP contribution in [-0.2, 0) is 25.3 Å². The number of alkyl halides is 6. The summed E-state index contributed by atoms with van der Waals surface area (Å²) in [5, 5.41) is 0. The van der Waals surface area contributed by atoms with Crippen molar-refractivity contribution < 1.29 is 31.1 Å². The Morgan fingerprint density at radius 1 is 0.914 bits per heavy atom. The van der Waals surface area contributed by atoms with Crippen LogP contribution in [0.1, 0.15) is 32.7 Å². The number of nitrogens with zero attached hydrogens (tertiary/aromatic N) is 4. The first-order chi connectivity index (χ1) is 16.3. The van der Waals surface area contributed by atoms with E-state index in [0.29, 0.717) is 35.0 Å². The highest BCUT2D eigenvalue weighted by Gasteiger charge is 2.38. The first-order valence-electron chi connectivity index (χ1n) is 10.6. The summed E-state index contributed by atoms with van der Waals surface area (Å²) in [6.07, 6.45) is -9.80. The third-order valence-corrected chi connectivity index (χ3v) is 5.62. The lowest BCUT2D eigenvalue weighted by molar-refractivity contribution is -0.143. The second-order valence-electron chi connectivity index (χ2n) is 8.33. The molecule has 2 aromatic carbocycles. The summed E-state index contributed by atoms with van der Waals surface area (Å²) in [7, 11) is 3.50. The molecule has 5 nitrogen and oxygen atoms in total. The number of carbonyl (C=O) groups is 1. The van der Waals surface area contributed by atoms with Gasteiger partial charge in [-0.25, -0.2) is 9.97 Å². The summed E-state index contributed by atoms with van der Waals surface area (Å²) in [6, 6.07) is 10.2. The fraction of sp³-hybridized carbons (Fsp3) is 0.292. The Labute approximate surface area is 197 Å². The van der Waals surface area contributed by atoms with Crippen LogP contribution in [0.2, 0.25) is 0 Å². The maximum atomic E-state index is 13.2. The van der Waals surface area contributed by atoms with E-state index in [1.54, 1.807) is 19.0 Å². The van der Waals surface area contributed by atoms with E-state index in [0.717, 1.165) is 5.56 Å². The standard InChI is InChI=1S/C24H20F6N4O/c1-33(2)21-18-13-34(9-8-19(18)31-20(32-21)14-6-4-3-5-7-14)22(35)15-10-16(23(25,26)27)12-17(11-15)24(28,29)30/h3-7,10-12H,8-9,13H2,1-2H3. The number of aromatic nitrogens is 2. The number of anilines is 1. The molecular formula is C24H20F6N4O. The Morgan fingerprint density at radius 3 is 2.06 bits per heavy atom. The van der Waals surface area contributed by atoms with Crippen molar-refractivity contribution in [1.29, 1.82) is 0 Å². The van der Waals surface area contributed by atoms with Gasteiger partial charge in [0.05, 0.1) is 23.4 Å². The molecule has 0 N–H and O–H groups in total. The highest BCUT2D eigenvalue weighted by Crippen LogP contribution is 2.37. The van der Waals surface area contributed by atoms with Crippen LogP contribution in [0.5, 0.6) is 0 Å². The lowest BCUT2D eigenvalue weighted by atomic mass is 10.0. The third kappa shape index (κ3) is 5.08. The normalized spacial score (nSPS) is 14.0. The molecule has 2 heterocycles. The van der Waals surface area contributed by atoms with Crippen molar-refractivity contribution in [3.8, 4) is 11.4 Å². The molecule has 0 radical (unpaired) electrons. The fourth-order valence-corrected chi connectivity index (χ4v) is 3.92. The first-order valence-corrected chi connectivity index (χ1v) is 10.6. The summed E-state index contributed by atoms with van der Waals surface area (Å²) < 4.78 is 79.5. The molecule has 4 rings (SSSR count). The number of amides is 1. The van der Waals surface area contributed by atoms with Crippen LogP contribution in [0.25, 0.3) is 11.4 Å². The second kappa shape index (κ2) is 8.86. The van der Waals surface area contributed by atoms with Crippen LogP contribution in [0.3, 0.4) is 0 Å². The van der Waals surface area contributed by atoms with Gasteiger partial charge in [0.25, 0.3) is 5.91 Å². The summed E-state index contributed by atoms with van der Waals surface area (Å²) in [5.41, 5.74) is -1.68. The van der Waals surface area contributed by atoms with Crippen LogP contribution in [0.4, 0.5) is 32.2 Å². The summed E-state index contributed by atoms with van der Waals surface area (Å²) in [5.74, 6) is 0.0796. The number of hydrogen-bond donors (Lipinski definition) is 0. The van der Waals surface area contributed by atoms with E-state index < -0.39 is 35.0 Å². The summed E-state index contributed by atoms with van der Waals surface area (Å²) in [6.45, 7) is 0.0376. The Balaban J connectivity index is 1.71. The molecule has 35 heavy (non-hydrogen) atoms. The Hall–Kier alpha value is -3.63. The van der Waals surface area contributed by atoms with Gasteiger partial charge in [-0.3, -0.25) is 4.79 Å². The number of carbonyl (C=O) groups excluding carboxylic acids is 1. The Kier molecular flexibility index (Phi) is 6.20. The first kappa shape index (κ1) is 24.5. The van der Waals surface area contributed by atoms with Crippen molar-refractivity contribution in [1.82, 2.24) is 14.9 Å². The van der Waals surface area contributed by atoms with Gasteiger partial charge < -0.3 is 9.80 Å². The molecule has 0 saturated carbocycles. The minimum Gasteiger partial charge on any atom is -0.362 e. The molecule has 1 amide bonds. The van der Waals surface area contributed by atoms with Crippen LogP contribution < -0.4 is 4.90 Å². The van der Waals surface area contributed by atoms with Gasteiger partial charge in [-0.15, -0.1) is 0 Å². The van der Waals surface area contributed by atoms with Gasteiger partial charge in [0.1, 0.15) is 5.82 Å². The number of halogens is 6. The molecule has 0 fully saturated rings. The zero-order valence-electron chi connectivity index (χ0n) is 18.7. The van der Waals surface area contributed by atoms with E-state index in [4.69, 9.17) is 0 Å². The number of rotatable bonds is 3. The zero-order valence-corrected chi connectivity index (χ0v) is 18.7. The Bertz CT molecular complexity index is 1220. The van der Waals surface area contributed by atoms with E-state index in [-0.39, 0.29) is 25.6 Å². The monoisotopic (exact) mass is 494 g/mol. The van der Waals surface area contributed by atoms with Gasteiger partial charge >= 0.3 is 12.4 Å². The van der Waals surface area contributed by atoms with Crippen LogP contribution in [-0.4, -0.2) is 41.4 Å². The molecule has 3 aromatic rings. The van der Waals surface area contributed by atoms with Crippen molar-refractivity contribution >= 4 is 11.7 Å². The van der Waals surface area contributed by atoms with Crippen molar-refractivity contribution in [2.24, 2.45) is 0 Å². The minimum absolute atomic E-state index is 0.00534. The van der Waals surface area contributed by atoms with Crippen LogP contribution in [0, 0.1) is 0 Å². The fourth-order valence-electron chi connectivity index (χ4n) is 3.92. The zero-order chi connectivity index (χ0) is 25.5. The van der Waals surface area contributed by atoms with Gasteiger partial charge in [-0.2, -0.15) is 26.3 Å². The molecular weight excluding hydrogens is 474 g/mol. The second-order valence-corrected chi connectivity index (χ2v) is 8.33. The molecule has 11 heteroatoms. The largest absolute Gasteiger partial charge is 0.416 e. The number of fused-ring (bicyclic) bond motifs is 1. The van der Waals surface area contributed by atoms with Crippen molar-refractivity contribution in [3.63, 3.8) is 0 Å².